The van der Waals surface area contributed by atoms with Gasteiger partial charge in [0.25, 0.3) is 0 Å². The molecule has 0 saturated carbocycles. The highest BCUT2D eigenvalue weighted by atomic mass is 127. The standard InChI is InChI=1S/C9H9FIN/c1-2-9(10)12-11-8-6-4-3-5-7-8/h2-7,9H,1H2. The van der Waals surface area contributed by atoms with Gasteiger partial charge in [0.1, 0.15) is 0 Å². The van der Waals surface area contributed by atoms with E-state index in [9.17, 15) is 4.39 Å². The van der Waals surface area contributed by atoms with E-state index < -0.39 is 27.3 Å². The summed E-state index contributed by atoms with van der Waals surface area (Å²) in [6.45, 7) is 3.32. The van der Waals surface area contributed by atoms with Crippen LogP contribution in [0.2, 0.25) is 0 Å². The Balaban J connectivity index is 2.63. The Morgan fingerprint density at radius 3 is 2.67 bits per heavy atom. The SMILES string of the molecule is C=CC(F)/N=I/c1ccccc1. The molecule has 1 atom stereocenters. The summed E-state index contributed by atoms with van der Waals surface area (Å²) in [5.74, 6) is 0. The van der Waals surface area contributed by atoms with Crippen LogP contribution in [-0.2, 0) is 0 Å². The molecule has 0 N–H and O–H groups in total. The Hall–Kier alpha value is -0.580. The topological polar surface area (TPSA) is 12.4 Å². The van der Waals surface area contributed by atoms with Crippen molar-refractivity contribution in [1.29, 1.82) is 0 Å². The summed E-state index contributed by atoms with van der Waals surface area (Å²) < 4.78 is 17.5. The molecule has 64 valence electrons. The maximum atomic E-state index is 12.6. The molecule has 12 heavy (non-hydrogen) atoms. The minimum Gasteiger partial charge on any atom is -0.217 e. The van der Waals surface area contributed by atoms with Crippen LogP contribution in [0.15, 0.2) is 46.1 Å². The van der Waals surface area contributed by atoms with E-state index in [1.165, 1.54) is 6.08 Å². The van der Waals surface area contributed by atoms with Gasteiger partial charge in [0.2, 0.25) is 6.30 Å². The van der Waals surface area contributed by atoms with Crippen molar-refractivity contribution in [1.82, 2.24) is 0 Å². The molecule has 1 nitrogen and oxygen atoms in total. The van der Waals surface area contributed by atoms with E-state index in [0.29, 0.717) is 0 Å². The highest BCUT2D eigenvalue weighted by molar-refractivity contribution is 14.2. The molecule has 0 fully saturated rings. The van der Waals surface area contributed by atoms with Crippen LogP contribution in [0.4, 0.5) is 4.39 Å². The van der Waals surface area contributed by atoms with Gasteiger partial charge in [-0.3, -0.25) is 0 Å². The number of nitrogens with zero attached hydrogens (tertiary/aromatic N) is 1. The summed E-state index contributed by atoms with van der Waals surface area (Å²) in [6.07, 6.45) is 0.0147. The summed E-state index contributed by atoms with van der Waals surface area (Å²) in [7, 11) is 0. The van der Waals surface area contributed by atoms with Gasteiger partial charge in [-0.25, -0.2) is 7.54 Å². The highest BCUT2D eigenvalue weighted by Gasteiger charge is 1.92. The Labute approximate surface area is 81.5 Å². The zero-order valence-electron chi connectivity index (χ0n) is 6.45. The average molecular weight is 277 g/mol. The molecule has 1 aromatic rings. The molecule has 0 saturated heterocycles. The summed E-state index contributed by atoms with van der Waals surface area (Å²) in [6, 6.07) is 9.74. The first-order chi connectivity index (χ1) is 5.83. The first-order valence-electron chi connectivity index (χ1n) is 3.49. The fourth-order valence-corrected chi connectivity index (χ4v) is 2.17. The van der Waals surface area contributed by atoms with Gasteiger partial charge < -0.3 is 0 Å². The third kappa shape index (κ3) is 3.21. The summed E-state index contributed by atoms with van der Waals surface area (Å²) in [4.78, 5) is 0. The van der Waals surface area contributed by atoms with Crippen LogP contribution in [0.1, 0.15) is 0 Å². The number of hydrogen-bond acceptors (Lipinski definition) is 1. The number of benzene rings is 1. The van der Waals surface area contributed by atoms with Crippen LogP contribution in [0.5, 0.6) is 0 Å². The molecule has 1 rings (SSSR count). The molecule has 3 heteroatoms. The first kappa shape index (κ1) is 9.51. The molecule has 0 aliphatic rings. The summed E-state index contributed by atoms with van der Waals surface area (Å²) in [5.41, 5.74) is 0. The van der Waals surface area contributed by atoms with Crippen LogP contribution in [0.3, 0.4) is 0 Å². The Kier molecular flexibility index (Phi) is 4.07. The maximum absolute atomic E-state index is 12.6. The third-order valence-corrected chi connectivity index (χ3v) is 3.25. The minimum absolute atomic E-state index is 0.541. The Morgan fingerprint density at radius 2 is 2.08 bits per heavy atom. The Bertz CT molecular complexity index is 271. The second-order valence-corrected chi connectivity index (χ2v) is 4.37. The molecule has 0 amide bonds. The molecular weight excluding hydrogens is 268 g/mol. The fourth-order valence-electron chi connectivity index (χ4n) is 0.614. The third-order valence-electron chi connectivity index (χ3n) is 1.17. The smallest absolute Gasteiger partial charge is 0.213 e. The second kappa shape index (κ2) is 5.13. The van der Waals surface area contributed by atoms with Gasteiger partial charge in [-0.2, -0.15) is 0 Å². The molecule has 0 heterocycles. The number of alkyl halides is 1. The van der Waals surface area contributed by atoms with E-state index in [1.807, 2.05) is 30.3 Å². The van der Waals surface area contributed by atoms with Gasteiger partial charge >= 0.3 is 0 Å². The fraction of sp³-hybridized carbons (Fsp3) is 0.111. The Morgan fingerprint density at radius 1 is 1.42 bits per heavy atom. The van der Waals surface area contributed by atoms with E-state index in [2.05, 4.69) is 9.72 Å². The van der Waals surface area contributed by atoms with Crippen molar-refractivity contribution in [3.63, 3.8) is 0 Å². The molecule has 1 unspecified atom stereocenters. The van der Waals surface area contributed by atoms with Crippen molar-refractivity contribution < 1.29 is 4.39 Å². The molecule has 0 radical (unpaired) electrons. The zero-order valence-corrected chi connectivity index (χ0v) is 8.61. The lowest BCUT2D eigenvalue weighted by Crippen LogP contribution is -1.82. The average Bonchev–Trinajstić information content (AvgIpc) is 2.16. The summed E-state index contributed by atoms with van der Waals surface area (Å²) >= 11 is -0.541. The zero-order chi connectivity index (χ0) is 8.81. The van der Waals surface area contributed by atoms with Crippen molar-refractivity contribution in [3.8, 4) is 0 Å². The van der Waals surface area contributed by atoms with Crippen LogP contribution in [-0.4, -0.2) is 6.30 Å². The summed E-state index contributed by atoms with van der Waals surface area (Å²) in [5, 5.41) is 0. The lowest BCUT2D eigenvalue weighted by molar-refractivity contribution is 0.423. The minimum atomic E-state index is -1.20. The molecule has 1 aromatic carbocycles. The lowest BCUT2D eigenvalue weighted by Gasteiger charge is -1.91. The molecule has 0 aliphatic heterocycles. The number of halogens is 2. The van der Waals surface area contributed by atoms with Gasteiger partial charge in [-0.15, -0.1) is 0 Å². The van der Waals surface area contributed by atoms with Gasteiger partial charge in [-0.05, 0) is 18.2 Å². The normalized spacial score (nSPS) is 13.8. The van der Waals surface area contributed by atoms with Gasteiger partial charge in [0.15, 0.2) is 0 Å². The molecule has 0 aliphatic carbocycles. The first-order valence-corrected chi connectivity index (χ1v) is 5.53. The molecule has 0 bridgehead atoms. The van der Waals surface area contributed by atoms with Gasteiger partial charge in [0, 0.05) is 24.6 Å². The van der Waals surface area contributed by atoms with Crippen LogP contribution in [0, 0.1) is 3.57 Å². The quantitative estimate of drug-likeness (QED) is 0.455. The van der Waals surface area contributed by atoms with E-state index >= 15 is 0 Å². The second-order valence-electron chi connectivity index (χ2n) is 2.09. The van der Waals surface area contributed by atoms with Crippen molar-refractivity contribution in [2.45, 2.75) is 6.30 Å². The maximum Gasteiger partial charge on any atom is 0.213 e. The predicted octanol–water partition coefficient (Wildman–Crippen LogP) is 3.49. The van der Waals surface area contributed by atoms with E-state index in [-0.39, 0.29) is 0 Å². The molecule has 0 aromatic heterocycles. The molecule has 0 spiro atoms. The van der Waals surface area contributed by atoms with E-state index in [1.54, 1.807) is 0 Å². The lowest BCUT2D eigenvalue weighted by atomic mass is 10.4. The van der Waals surface area contributed by atoms with Crippen LogP contribution >= 0.6 is 21.0 Å². The van der Waals surface area contributed by atoms with Crippen LogP contribution in [0.25, 0.3) is 0 Å². The van der Waals surface area contributed by atoms with Crippen molar-refractivity contribution in [3.05, 3.63) is 46.6 Å². The molecular formula is C9H9FIN. The van der Waals surface area contributed by atoms with Gasteiger partial charge in [0.05, 0.1) is 0 Å². The number of rotatable bonds is 3. The van der Waals surface area contributed by atoms with E-state index in [4.69, 9.17) is 0 Å². The highest BCUT2D eigenvalue weighted by Crippen LogP contribution is 2.15. The van der Waals surface area contributed by atoms with Crippen molar-refractivity contribution in [2.75, 3.05) is 0 Å². The largest absolute Gasteiger partial charge is 0.217 e. The monoisotopic (exact) mass is 277 g/mol. The van der Waals surface area contributed by atoms with Gasteiger partial charge in [-0.1, -0.05) is 24.8 Å². The van der Waals surface area contributed by atoms with E-state index in [0.717, 1.165) is 3.57 Å². The predicted molar refractivity (Wildman–Crippen MR) is 56.7 cm³/mol. The number of hydrogen-bond donors (Lipinski definition) is 0. The van der Waals surface area contributed by atoms with Crippen molar-refractivity contribution in [2.24, 2.45) is 3.15 Å². The van der Waals surface area contributed by atoms with Crippen molar-refractivity contribution >= 4 is 21.0 Å². The van der Waals surface area contributed by atoms with Crippen LogP contribution < -0.4 is 0 Å².